The van der Waals surface area contributed by atoms with E-state index in [1.54, 1.807) is 17.8 Å². The number of benzene rings is 1. The van der Waals surface area contributed by atoms with Gasteiger partial charge in [0.05, 0.1) is 16.3 Å². The van der Waals surface area contributed by atoms with E-state index in [1.807, 2.05) is 6.26 Å². The first kappa shape index (κ1) is 15.1. The summed E-state index contributed by atoms with van der Waals surface area (Å²) in [5.74, 6) is 0.926. The quantitative estimate of drug-likeness (QED) is 0.689. The number of thioether (sulfide) groups is 1. The molecular formula is C11H19N3O2S2. The van der Waals surface area contributed by atoms with Crippen LogP contribution in [0.1, 0.15) is 13.3 Å². The van der Waals surface area contributed by atoms with Crippen molar-refractivity contribution in [1.29, 1.82) is 0 Å². The van der Waals surface area contributed by atoms with Gasteiger partial charge in [0, 0.05) is 11.8 Å². The Hall–Kier alpha value is -0.920. The average molecular weight is 289 g/mol. The molecule has 0 heterocycles. The molecule has 0 aliphatic heterocycles. The molecule has 1 aromatic rings. The van der Waals surface area contributed by atoms with Crippen LogP contribution in [0, 0.1) is 0 Å². The van der Waals surface area contributed by atoms with E-state index < -0.39 is 10.0 Å². The monoisotopic (exact) mass is 289 g/mol. The number of hydrogen-bond acceptors (Lipinski definition) is 5. The van der Waals surface area contributed by atoms with Crippen molar-refractivity contribution in [3.8, 4) is 0 Å². The highest BCUT2D eigenvalue weighted by Crippen LogP contribution is 2.24. The van der Waals surface area contributed by atoms with Crippen molar-refractivity contribution in [2.45, 2.75) is 24.3 Å². The molecular weight excluding hydrogens is 270 g/mol. The maximum atomic E-state index is 11.3. The van der Waals surface area contributed by atoms with Gasteiger partial charge in [0.25, 0.3) is 0 Å². The van der Waals surface area contributed by atoms with Crippen LogP contribution in [0.2, 0.25) is 0 Å². The van der Waals surface area contributed by atoms with Crippen molar-refractivity contribution in [2.75, 3.05) is 23.1 Å². The summed E-state index contributed by atoms with van der Waals surface area (Å²) in [6.07, 6.45) is 2.95. The van der Waals surface area contributed by atoms with Crippen LogP contribution in [0.5, 0.6) is 0 Å². The van der Waals surface area contributed by atoms with Crippen molar-refractivity contribution in [3.63, 3.8) is 0 Å². The molecule has 7 heteroatoms. The second-order valence-corrected chi connectivity index (χ2v) is 6.47. The third-order valence-corrected chi connectivity index (χ3v) is 4.22. The van der Waals surface area contributed by atoms with Gasteiger partial charge in [-0.05, 0) is 30.9 Å². The fourth-order valence-electron chi connectivity index (χ4n) is 1.52. The number of rotatable bonds is 6. The highest BCUT2D eigenvalue weighted by molar-refractivity contribution is 7.98. The fraction of sp³-hybridized carbons (Fsp3) is 0.455. The Kier molecular flexibility index (Phi) is 5.30. The molecule has 0 saturated carbocycles. The molecule has 1 unspecified atom stereocenters. The lowest BCUT2D eigenvalue weighted by molar-refractivity contribution is 0.598. The smallest absolute Gasteiger partial charge is 0.238 e. The molecule has 0 aliphatic carbocycles. The van der Waals surface area contributed by atoms with Crippen LogP contribution in [0.15, 0.2) is 23.1 Å². The molecule has 1 rings (SSSR count). The SMILES string of the molecule is CCC(CSC)Nc1cc(S(N)(=O)=O)ccc1N. The summed E-state index contributed by atoms with van der Waals surface area (Å²) in [4.78, 5) is 0.0678. The Morgan fingerprint density at radius 1 is 1.44 bits per heavy atom. The fourth-order valence-corrected chi connectivity index (χ4v) is 2.78. The van der Waals surface area contributed by atoms with Crippen molar-refractivity contribution >= 4 is 33.2 Å². The van der Waals surface area contributed by atoms with Gasteiger partial charge < -0.3 is 11.1 Å². The van der Waals surface area contributed by atoms with Crippen LogP contribution in [-0.2, 0) is 10.0 Å². The van der Waals surface area contributed by atoms with E-state index in [4.69, 9.17) is 10.9 Å². The predicted molar refractivity (Wildman–Crippen MR) is 78.3 cm³/mol. The Morgan fingerprint density at radius 2 is 2.11 bits per heavy atom. The third kappa shape index (κ3) is 4.08. The van der Waals surface area contributed by atoms with Crippen LogP contribution in [0.4, 0.5) is 11.4 Å². The summed E-state index contributed by atoms with van der Waals surface area (Å²) in [7, 11) is -3.70. The Balaban J connectivity index is 3.01. The normalized spacial score (nSPS) is 13.3. The summed E-state index contributed by atoms with van der Waals surface area (Å²) in [6, 6.07) is 4.69. The summed E-state index contributed by atoms with van der Waals surface area (Å²) in [5.41, 5.74) is 6.96. The predicted octanol–water partition coefficient (Wildman–Crippen LogP) is 1.47. The van der Waals surface area contributed by atoms with Crippen LogP contribution >= 0.6 is 11.8 Å². The number of primary sulfonamides is 1. The van der Waals surface area contributed by atoms with E-state index in [2.05, 4.69) is 12.2 Å². The molecule has 0 aromatic heterocycles. The number of nitrogen functional groups attached to an aromatic ring is 1. The first-order valence-corrected chi connectivity index (χ1v) is 8.50. The van der Waals surface area contributed by atoms with E-state index in [9.17, 15) is 8.42 Å². The Labute approximate surface area is 112 Å². The van der Waals surface area contributed by atoms with Gasteiger partial charge in [-0.15, -0.1) is 0 Å². The highest BCUT2D eigenvalue weighted by atomic mass is 32.2. The molecule has 0 bridgehead atoms. The molecule has 5 nitrogen and oxygen atoms in total. The minimum absolute atomic E-state index is 0.0678. The Bertz CT molecular complexity index is 503. The standard InChI is InChI=1S/C11H19N3O2S2/c1-3-8(7-17-2)14-11-6-9(18(13,15)16)4-5-10(11)12/h4-6,8,14H,3,7,12H2,1-2H3,(H2,13,15,16). The number of nitrogens with two attached hydrogens (primary N) is 2. The second-order valence-electron chi connectivity index (χ2n) is 4.00. The van der Waals surface area contributed by atoms with Crippen molar-refractivity contribution in [2.24, 2.45) is 5.14 Å². The highest BCUT2D eigenvalue weighted by Gasteiger charge is 2.12. The van der Waals surface area contributed by atoms with Crippen LogP contribution < -0.4 is 16.2 Å². The number of hydrogen-bond donors (Lipinski definition) is 3. The summed E-state index contributed by atoms with van der Waals surface area (Å²) < 4.78 is 22.6. The summed E-state index contributed by atoms with van der Waals surface area (Å²) in [5, 5.41) is 8.34. The molecule has 0 spiro atoms. The van der Waals surface area contributed by atoms with Gasteiger partial charge >= 0.3 is 0 Å². The van der Waals surface area contributed by atoms with Crippen LogP contribution in [0.3, 0.4) is 0 Å². The third-order valence-electron chi connectivity index (χ3n) is 2.57. The molecule has 0 saturated heterocycles. The number of anilines is 2. The van der Waals surface area contributed by atoms with E-state index in [0.717, 1.165) is 12.2 Å². The zero-order chi connectivity index (χ0) is 13.8. The van der Waals surface area contributed by atoms with E-state index >= 15 is 0 Å². The van der Waals surface area contributed by atoms with E-state index in [-0.39, 0.29) is 10.9 Å². The first-order valence-electron chi connectivity index (χ1n) is 5.56. The van der Waals surface area contributed by atoms with Crippen molar-refractivity contribution in [1.82, 2.24) is 0 Å². The second kappa shape index (κ2) is 6.31. The zero-order valence-electron chi connectivity index (χ0n) is 10.5. The first-order chi connectivity index (χ1) is 8.38. The molecule has 102 valence electrons. The topological polar surface area (TPSA) is 98.2 Å². The summed E-state index contributed by atoms with van der Waals surface area (Å²) >= 11 is 1.72. The largest absolute Gasteiger partial charge is 0.397 e. The molecule has 0 radical (unpaired) electrons. The van der Waals surface area contributed by atoms with Gasteiger partial charge in [-0.25, -0.2) is 13.6 Å². The lowest BCUT2D eigenvalue weighted by Gasteiger charge is -2.19. The van der Waals surface area contributed by atoms with Gasteiger partial charge in [-0.2, -0.15) is 11.8 Å². The Morgan fingerprint density at radius 3 is 2.61 bits per heavy atom. The van der Waals surface area contributed by atoms with Gasteiger partial charge in [0.1, 0.15) is 0 Å². The van der Waals surface area contributed by atoms with Gasteiger partial charge in [-0.1, -0.05) is 6.92 Å². The number of nitrogens with one attached hydrogen (secondary N) is 1. The lowest BCUT2D eigenvalue weighted by atomic mass is 10.2. The van der Waals surface area contributed by atoms with Gasteiger partial charge in [0.15, 0.2) is 0 Å². The van der Waals surface area contributed by atoms with Crippen LogP contribution in [-0.4, -0.2) is 26.5 Å². The van der Waals surface area contributed by atoms with Crippen molar-refractivity contribution in [3.05, 3.63) is 18.2 Å². The van der Waals surface area contributed by atoms with Gasteiger partial charge in [-0.3, -0.25) is 0 Å². The van der Waals surface area contributed by atoms with E-state index in [1.165, 1.54) is 12.1 Å². The minimum Gasteiger partial charge on any atom is -0.397 e. The lowest BCUT2D eigenvalue weighted by Crippen LogP contribution is -2.22. The zero-order valence-corrected chi connectivity index (χ0v) is 12.1. The molecule has 5 N–H and O–H groups in total. The van der Waals surface area contributed by atoms with Crippen molar-refractivity contribution < 1.29 is 8.42 Å². The molecule has 1 aromatic carbocycles. The molecule has 18 heavy (non-hydrogen) atoms. The minimum atomic E-state index is -3.70. The molecule has 1 atom stereocenters. The van der Waals surface area contributed by atoms with Gasteiger partial charge in [0.2, 0.25) is 10.0 Å². The molecule has 0 amide bonds. The maximum absolute atomic E-state index is 11.3. The molecule has 0 fully saturated rings. The van der Waals surface area contributed by atoms with Crippen LogP contribution in [0.25, 0.3) is 0 Å². The molecule has 0 aliphatic rings. The number of sulfonamides is 1. The average Bonchev–Trinajstić information content (AvgIpc) is 2.29. The summed E-state index contributed by atoms with van der Waals surface area (Å²) in [6.45, 7) is 2.06. The van der Waals surface area contributed by atoms with E-state index in [0.29, 0.717) is 11.4 Å². The maximum Gasteiger partial charge on any atom is 0.238 e.